The van der Waals surface area contributed by atoms with Gasteiger partial charge in [-0.1, -0.05) is 30.3 Å². The molecule has 1 aliphatic carbocycles. The van der Waals surface area contributed by atoms with E-state index in [0.29, 0.717) is 45.2 Å². The fourth-order valence-corrected chi connectivity index (χ4v) is 3.51. The maximum atomic E-state index is 12.5. The molecular weight excluding hydrogens is 358 g/mol. The number of hydrogen-bond acceptors (Lipinski definition) is 5. The molecule has 2 amide bonds. The number of hydrogen-bond donors (Lipinski definition) is 3. The van der Waals surface area contributed by atoms with Gasteiger partial charge >= 0.3 is 0 Å². The number of benzene rings is 1. The molecule has 1 heterocycles. The molecule has 3 rings (SSSR count). The molecular formula is C20H27N5O3. The van der Waals surface area contributed by atoms with E-state index >= 15 is 0 Å². The third-order valence-electron chi connectivity index (χ3n) is 5.10. The predicted molar refractivity (Wildman–Crippen MR) is 103 cm³/mol. The molecule has 3 N–H and O–H groups in total. The Morgan fingerprint density at radius 3 is 2.79 bits per heavy atom. The minimum atomic E-state index is -0.613. The van der Waals surface area contributed by atoms with Gasteiger partial charge in [0.1, 0.15) is 12.7 Å². The number of aromatic nitrogens is 3. The first-order valence-corrected chi connectivity index (χ1v) is 9.73. The summed E-state index contributed by atoms with van der Waals surface area (Å²) in [7, 11) is 0. The van der Waals surface area contributed by atoms with Crippen molar-refractivity contribution in [2.45, 2.75) is 57.3 Å². The van der Waals surface area contributed by atoms with Crippen molar-refractivity contribution in [3.63, 3.8) is 0 Å². The summed E-state index contributed by atoms with van der Waals surface area (Å²) in [6.07, 6.45) is 5.03. The van der Waals surface area contributed by atoms with Crippen LogP contribution in [0.4, 0.5) is 0 Å². The quantitative estimate of drug-likeness (QED) is 0.629. The molecule has 0 unspecified atom stereocenters. The van der Waals surface area contributed by atoms with Gasteiger partial charge in [-0.25, -0.2) is 4.98 Å². The van der Waals surface area contributed by atoms with Crippen LogP contribution >= 0.6 is 0 Å². The van der Waals surface area contributed by atoms with Gasteiger partial charge in [0.05, 0.1) is 12.1 Å². The van der Waals surface area contributed by atoms with Crippen molar-refractivity contribution in [2.75, 3.05) is 0 Å². The number of carbonyl (C=O) groups excluding carboxylic acids is 2. The maximum Gasteiger partial charge on any atom is 0.223 e. The van der Waals surface area contributed by atoms with Crippen molar-refractivity contribution in [3.8, 4) is 0 Å². The Morgan fingerprint density at radius 2 is 2.04 bits per heavy atom. The molecule has 3 atom stereocenters. The molecule has 8 heteroatoms. The van der Waals surface area contributed by atoms with Gasteiger partial charge in [0.2, 0.25) is 11.8 Å². The molecule has 2 aromatic rings. The molecule has 150 valence electrons. The van der Waals surface area contributed by atoms with Crippen LogP contribution in [0.15, 0.2) is 43.0 Å². The van der Waals surface area contributed by atoms with E-state index in [2.05, 4.69) is 20.7 Å². The zero-order valence-electron chi connectivity index (χ0n) is 15.8. The molecule has 0 radical (unpaired) electrons. The van der Waals surface area contributed by atoms with Crippen LogP contribution in [0.3, 0.4) is 0 Å². The van der Waals surface area contributed by atoms with Crippen molar-refractivity contribution in [1.82, 2.24) is 25.4 Å². The van der Waals surface area contributed by atoms with E-state index in [0.717, 1.165) is 5.56 Å². The van der Waals surface area contributed by atoms with Gasteiger partial charge in [0.25, 0.3) is 0 Å². The minimum absolute atomic E-state index is 0.0267. The van der Waals surface area contributed by atoms with Crippen molar-refractivity contribution >= 4 is 11.8 Å². The Bertz CT molecular complexity index is 750. The Balaban J connectivity index is 1.42. The number of aliphatic hydroxyl groups is 1. The normalized spacial score (nSPS) is 21.8. The third-order valence-corrected chi connectivity index (χ3v) is 5.10. The lowest BCUT2D eigenvalue weighted by Gasteiger charge is -2.33. The maximum absolute atomic E-state index is 12.5. The van der Waals surface area contributed by atoms with Crippen LogP contribution in [0.1, 0.15) is 37.7 Å². The van der Waals surface area contributed by atoms with E-state index < -0.39 is 6.10 Å². The van der Waals surface area contributed by atoms with Gasteiger partial charge in [-0.2, -0.15) is 5.10 Å². The van der Waals surface area contributed by atoms with Crippen LogP contribution in [0.5, 0.6) is 0 Å². The van der Waals surface area contributed by atoms with Gasteiger partial charge in [0, 0.05) is 25.4 Å². The van der Waals surface area contributed by atoms with E-state index in [4.69, 9.17) is 0 Å². The van der Waals surface area contributed by atoms with Crippen LogP contribution in [0.25, 0.3) is 0 Å². The van der Waals surface area contributed by atoms with Crippen molar-refractivity contribution in [2.24, 2.45) is 5.92 Å². The summed E-state index contributed by atoms with van der Waals surface area (Å²) >= 11 is 0. The molecule has 1 aromatic carbocycles. The molecule has 28 heavy (non-hydrogen) atoms. The highest BCUT2D eigenvalue weighted by molar-refractivity contribution is 5.79. The van der Waals surface area contributed by atoms with Crippen LogP contribution in [-0.4, -0.2) is 43.8 Å². The summed E-state index contributed by atoms with van der Waals surface area (Å²) in [6, 6.07) is 9.35. The zero-order valence-corrected chi connectivity index (χ0v) is 15.8. The van der Waals surface area contributed by atoms with E-state index in [1.54, 1.807) is 11.0 Å². The second-order valence-electron chi connectivity index (χ2n) is 7.22. The van der Waals surface area contributed by atoms with Crippen LogP contribution in [0.2, 0.25) is 0 Å². The molecule has 0 spiro atoms. The fraction of sp³-hybridized carbons (Fsp3) is 0.500. The molecule has 1 aromatic heterocycles. The third kappa shape index (κ3) is 5.88. The van der Waals surface area contributed by atoms with Crippen LogP contribution in [0, 0.1) is 5.92 Å². The molecule has 0 bridgehead atoms. The monoisotopic (exact) mass is 385 g/mol. The summed E-state index contributed by atoms with van der Waals surface area (Å²) in [5, 5.41) is 20.1. The minimum Gasteiger partial charge on any atom is -0.391 e. The fourth-order valence-electron chi connectivity index (χ4n) is 3.51. The second kappa shape index (κ2) is 9.98. The largest absolute Gasteiger partial charge is 0.391 e. The lowest BCUT2D eigenvalue weighted by molar-refractivity contribution is -0.129. The van der Waals surface area contributed by atoms with Gasteiger partial charge in [0.15, 0.2) is 0 Å². The summed E-state index contributed by atoms with van der Waals surface area (Å²) in [6.45, 7) is 1.10. The Labute approximate surface area is 164 Å². The number of amides is 2. The van der Waals surface area contributed by atoms with Crippen LogP contribution < -0.4 is 10.6 Å². The molecule has 1 fully saturated rings. The van der Waals surface area contributed by atoms with E-state index in [1.165, 1.54) is 6.33 Å². The van der Waals surface area contributed by atoms with Crippen molar-refractivity contribution in [3.05, 3.63) is 48.5 Å². The standard InChI is InChI=1S/C20H27N5O3/c26-18-9-8-16(20(28)22-12-15-5-2-1-3-6-15)11-17(18)24-19(27)7-4-10-25-14-21-13-23-25/h1-3,5-6,13-14,16-18,26H,4,7-12H2,(H,22,28)(H,24,27)/t16-,17+,18+/m0/s1. The zero-order chi connectivity index (χ0) is 19.8. The Hall–Kier alpha value is -2.74. The highest BCUT2D eigenvalue weighted by atomic mass is 16.3. The van der Waals surface area contributed by atoms with Gasteiger partial charge in [-0.05, 0) is 31.2 Å². The summed E-state index contributed by atoms with van der Waals surface area (Å²) in [5.74, 6) is -0.344. The first-order chi connectivity index (χ1) is 13.6. The topological polar surface area (TPSA) is 109 Å². The number of aryl methyl sites for hydroxylation is 1. The van der Waals surface area contributed by atoms with Gasteiger partial charge in [-0.3, -0.25) is 14.3 Å². The first-order valence-electron chi connectivity index (χ1n) is 9.73. The van der Waals surface area contributed by atoms with E-state index in [-0.39, 0.29) is 23.8 Å². The molecule has 1 saturated carbocycles. The van der Waals surface area contributed by atoms with Gasteiger partial charge < -0.3 is 15.7 Å². The first kappa shape index (κ1) is 20.0. The van der Waals surface area contributed by atoms with Crippen LogP contribution in [-0.2, 0) is 22.7 Å². The van der Waals surface area contributed by atoms with Crippen molar-refractivity contribution in [1.29, 1.82) is 0 Å². The highest BCUT2D eigenvalue weighted by Gasteiger charge is 2.33. The molecule has 8 nitrogen and oxygen atoms in total. The average molecular weight is 385 g/mol. The highest BCUT2D eigenvalue weighted by Crippen LogP contribution is 2.25. The Kier molecular flexibility index (Phi) is 7.13. The smallest absolute Gasteiger partial charge is 0.223 e. The predicted octanol–water partition coefficient (Wildman–Crippen LogP) is 1.02. The second-order valence-corrected chi connectivity index (χ2v) is 7.22. The SMILES string of the molecule is O=C(CCCn1cncn1)N[C@@H]1C[C@@H](C(=O)NCc2ccccc2)CC[C@H]1O. The van der Waals surface area contributed by atoms with E-state index in [9.17, 15) is 14.7 Å². The molecule has 1 aliphatic rings. The Morgan fingerprint density at radius 1 is 1.21 bits per heavy atom. The summed E-state index contributed by atoms with van der Waals surface area (Å²) < 4.78 is 1.68. The number of nitrogens with one attached hydrogen (secondary N) is 2. The number of carbonyl (C=O) groups is 2. The van der Waals surface area contributed by atoms with Crippen molar-refractivity contribution < 1.29 is 14.7 Å². The number of rotatable bonds is 8. The van der Waals surface area contributed by atoms with E-state index in [1.807, 2.05) is 30.3 Å². The number of nitrogens with zero attached hydrogens (tertiary/aromatic N) is 3. The number of aliphatic hydroxyl groups excluding tert-OH is 1. The summed E-state index contributed by atoms with van der Waals surface area (Å²) in [4.78, 5) is 28.6. The lowest BCUT2D eigenvalue weighted by Crippen LogP contribution is -2.49. The summed E-state index contributed by atoms with van der Waals surface area (Å²) in [5.41, 5.74) is 1.05. The molecule has 0 saturated heterocycles. The lowest BCUT2D eigenvalue weighted by atomic mass is 9.83. The molecule has 0 aliphatic heterocycles. The van der Waals surface area contributed by atoms with Gasteiger partial charge in [-0.15, -0.1) is 0 Å². The average Bonchev–Trinajstić information content (AvgIpc) is 3.22.